The maximum atomic E-state index is 11.0. The fraction of sp³-hybridized carbons (Fsp3) is 0. The van der Waals surface area contributed by atoms with Gasteiger partial charge in [-0.15, -0.1) is 11.3 Å². The molecule has 0 amide bonds. The molecule has 11 rings (SSSR count). The zero-order valence-electron chi connectivity index (χ0n) is 28.0. The van der Waals surface area contributed by atoms with Crippen LogP contribution >= 0.6 is 11.3 Å². The van der Waals surface area contributed by atoms with Gasteiger partial charge in [-0.3, -0.25) is 0 Å². The maximum absolute atomic E-state index is 11.0. The molecule has 4 heterocycles. The van der Waals surface area contributed by atoms with Crippen molar-refractivity contribution in [2.24, 2.45) is 0 Å². The minimum Gasteiger partial charge on any atom is -0.455 e. The lowest BCUT2D eigenvalue weighted by Crippen LogP contribution is -2.03. The van der Waals surface area contributed by atoms with Crippen LogP contribution in [0.15, 0.2) is 156 Å². The van der Waals surface area contributed by atoms with Crippen molar-refractivity contribution >= 4 is 75.3 Å². The third kappa shape index (κ3) is 4.40. The van der Waals surface area contributed by atoms with Crippen molar-refractivity contribution in [1.29, 1.82) is 5.26 Å². The molecule has 7 aromatic carbocycles. The summed E-state index contributed by atoms with van der Waals surface area (Å²) in [6, 6.07) is 53.9. The fourth-order valence-electron chi connectivity index (χ4n) is 7.82. The lowest BCUT2D eigenvalue weighted by molar-refractivity contribution is 0.669. The third-order valence-electron chi connectivity index (χ3n) is 10.1. The van der Waals surface area contributed by atoms with Crippen LogP contribution in [0.1, 0.15) is 5.56 Å². The molecule has 0 spiro atoms. The summed E-state index contributed by atoms with van der Waals surface area (Å²) < 4.78 is 11.6. The average Bonchev–Trinajstić information content (AvgIpc) is 3.90. The molecule has 0 saturated heterocycles. The Bertz CT molecular complexity index is 3240. The predicted octanol–water partition coefficient (Wildman–Crippen LogP) is 12.1. The smallest absolute Gasteiger partial charge is 0.169 e. The van der Waals surface area contributed by atoms with Gasteiger partial charge < -0.3 is 8.98 Å². The second-order valence-electron chi connectivity index (χ2n) is 13.1. The van der Waals surface area contributed by atoms with Crippen molar-refractivity contribution in [3.63, 3.8) is 0 Å². The number of fused-ring (bicyclic) bond motifs is 10. The van der Waals surface area contributed by atoms with Gasteiger partial charge in [0.15, 0.2) is 17.5 Å². The van der Waals surface area contributed by atoms with Gasteiger partial charge in [0, 0.05) is 47.5 Å². The molecule has 0 unspecified atom stereocenters. The minimum atomic E-state index is 0.374. The van der Waals surface area contributed by atoms with Gasteiger partial charge in [0.1, 0.15) is 17.2 Å². The molecule has 246 valence electrons. The number of hydrogen-bond acceptors (Lipinski definition) is 6. The lowest BCUT2D eigenvalue weighted by Gasteiger charge is -2.14. The number of rotatable bonds is 4. The number of aromatic nitrogens is 4. The van der Waals surface area contributed by atoms with Gasteiger partial charge in [0.2, 0.25) is 0 Å². The lowest BCUT2D eigenvalue weighted by atomic mass is 10.00. The summed E-state index contributed by atoms with van der Waals surface area (Å²) in [6.45, 7) is 0. The van der Waals surface area contributed by atoms with E-state index in [1.807, 2.05) is 96.3 Å². The number of hydrogen-bond donors (Lipinski definition) is 0. The van der Waals surface area contributed by atoms with Gasteiger partial charge in [-0.2, -0.15) is 5.26 Å². The molecule has 0 radical (unpaired) electrons. The van der Waals surface area contributed by atoms with Gasteiger partial charge in [-0.05, 0) is 36.4 Å². The normalized spacial score (nSPS) is 11.8. The molecule has 0 N–H and O–H groups in total. The van der Waals surface area contributed by atoms with Crippen molar-refractivity contribution in [2.75, 3.05) is 0 Å². The number of nitrogens with zero attached hydrogens (tertiary/aromatic N) is 5. The predicted molar refractivity (Wildman–Crippen MR) is 215 cm³/mol. The largest absolute Gasteiger partial charge is 0.455 e. The van der Waals surface area contributed by atoms with Crippen LogP contribution in [0.5, 0.6) is 0 Å². The molecular weight excluding hydrogens is 671 g/mol. The first-order valence-corrected chi connectivity index (χ1v) is 18.2. The summed E-state index contributed by atoms with van der Waals surface area (Å²) >= 11 is 1.81. The highest BCUT2D eigenvalue weighted by molar-refractivity contribution is 7.26. The van der Waals surface area contributed by atoms with Crippen molar-refractivity contribution in [3.8, 4) is 45.9 Å². The van der Waals surface area contributed by atoms with E-state index >= 15 is 0 Å². The first-order chi connectivity index (χ1) is 26.2. The van der Waals surface area contributed by atoms with E-state index in [1.165, 1.54) is 25.6 Å². The number of nitriles is 1. The molecule has 0 aliphatic heterocycles. The van der Waals surface area contributed by atoms with Crippen molar-refractivity contribution in [3.05, 3.63) is 157 Å². The van der Waals surface area contributed by atoms with Crippen molar-refractivity contribution in [1.82, 2.24) is 19.5 Å². The zero-order chi connectivity index (χ0) is 35.0. The van der Waals surface area contributed by atoms with E-state index in [9.17, 15) is 5.26 Å². The molecule has 0 atom stereocenters. The second kappa shape index (κ2) is 11.4. The Morgan fingerprint density at radius 3 is 1.89 bits per heavy atom. The SMILES string of the molecule is N#Cc1cc(-n2c3ccccc3c3c4c(ccc32)sc2ccccc24)c2c(oc3ccccc32)c1-c1nc(-c2ccccc2)nc(-c2ccccc2)n1. The molecule has 7 heteroatoms. The molecule has 4 aromatic heterocycles. The van der Waals surface area contributed by atoms with E-state index in [-0.39, 0.29) is 0 Å². The molecule has 0 fully saturated rings. The highest BCUT2D eigenvalue weighted by Crippen LogP contribution is 2.47. The monoisotopic (exact) mass is 695 g/mol. The van der Waals surface area contributed by atoms with E-state index in [2.05, 4.69) is 77.4 Å². The van der Waals surface area contributed by atoms with Crippen LogP contribution in [-0.2, 0) is 0 Å². The number of para-hydroxylation sites is 2. The summed E-state index contributed by atoms with van der Waals surface area (Å²) in [5, 5.41) is 17.7. The Kier molecular flexibility index (Phi) is 6.38. The molecule has 53 heavy (non-hydrogen) atoms. The van der Waals surface area contributed by atoms with Gasteiger partial charge >= 0.3 is 0 Å². The fourth-order valence-corrected chi connectivity index (χ4v) is 8.93. The van der Waals surface area contributed by atoms with Crippen LogP contribution in [-0.4, -0.2) is 19.5 Å². The summed E-state index contributed by atoms with van der Waals surface area (Å²) in [5.41, 5.74) is 6.87. The standard InChI is InChI=1S/C46H25N5OS/c47-26-29-25-35(51-33-20-10-7-17-30(33)40-34(51)23-24-38-42(40)32-19-9-12-22-37(32)53-38)41-31-18-8-11-21-36(31)52-43(41)39(29)46-49-44(27-13-3-1-4-14-27)48-45(50-46)28-15-5-2-6-16-28/h1-25H. The van der Waals surface area contributed by atoms with Crippen LogP contribution in [0, 0.1) is 11.3 Å². The summed E-state index contributed by atoms with van der Waals surface area (Å²) in [4.78, 5) is 15.0. The highest BCUT2D eigenvalue weighted by Gasteiger charge is 2.27. The number of furan rings is 1. The molecule has 0 aliphatic carbocycles. The zero-order valence-corrected chi connectivity index (χ0v) is 28.8. The van der Waals surface area contributed by atoms with Gasteiger partial charge in [-0.25, -0.2) is 15.0 Å². The topological polar surface area (TPSA) is 80.5 Å². The van der Waals surface area contributed by atoms with Crippen LogP contribution in [0.2, 0.25) is 0 Å². The molecule has 0 bridgehead atoms. The van der Waals surface area contributed by atoms with Crippen LogP contribution in [0.3, 0.4) is 0 Å². The average molecular weight is 696 g/mol. The highest BCUT2D eigenvalue weighted by atomic mass is 32.1. The van der Waals surface area contributed by atoms with Gasteiger partial charge in [0.05, 0.1) is 33.2 Å². The quantitative estimate of drug-likeness (QED) is 0.183. The minimum absolute atomic E-state index is 0.374. The Hall–Kier alpha value is -7.14. The molecular formula is C46H25N5OS. The molecule has 0 saturated carbocycles. The van der Waals surface area contributed by atoms with E-state index in [0.29, 0.717) is 39.8 Å². The number of thiophene rings is 1. The molecule has 6 nitrogen and oxygen atoms in total. The maximum Gasteiger partial charge on any atom is 0.169 e. The Morgan fingerprint density at radius 1 is 0.528 bits per heavy atom. The summed E-state index contributed by atoms with van der Waals surface area (Å²) in [6.07, 6.45) is 0. The van der Waals surface area contributed by atoms with E-state index in [1.54, 1.807) is 0 Å². The van der Waals surface area contributed by atoms with Crippen molar-refractivity contribution < 1.29 is 4.42 Å². The molecule has 0 aliphatic rings. The van der Waals surface area contributed by atoms with Crippen molar-refractivity contribution in [2.45, 2.75) is 0 Å². The summed E-state index contributed by atoms with van der Waals surface area (Å²) in [7, 11) is 0. The molecule has 11 aromatic rings. The first-order valence-electron chi connectivity index (χ1n) is 17.3. The van der Waals surface area contributed by atoms with Crippen LogP contribution < -0.4 is 0 Å². The summed E-state index contributed by atoms with van der Waals surface area (Å²) in [5.74, 6) is 1.40. The van der Waals surface area contributed by atoms with E-state index in [4.69, 9.17) is 19.4 Å². The van der Waals surface area contributed by atoms with Gasteiger partial charge in [0.25, 0.3) is 0 Å². The van der Waals surface area contributed by atoms with Crippen LogP contribution in [0.4, 0.5) is 0 Å². The Morgan fingerprint density at radius 2 is 1.15 bits per heavy atom. The number of benzene rings is 7. The van der Waals surface area contributed by atoms with Crippen LogP contribution in [0.25, 0.3) is 104 Å². The van der Waals surface area contributed by atoms with Gasteiger partial charge in [-0.1, -0.05) is 115 Å². The third-order valence-corrected chi connectivity index (χ3v) is 11.2. The Labute approximate surface area is 306 Å². The Balaban J connectivity index is 1.28. The van der Waals surface area contributed by atoms with E-state index < -0.39 is 0 Å². The first kappa shape index (κ1) is 29.6. The van der Waals surface area contributed by atoms with E-state index in [0.717, 1.165) is 44.0 Å². The second-order valence-corrected chi connectivity index (χ2v) is 14.1.